The lowest BCUT2D eigenvalue weighted by Gasteiger charge is -2.25. The summed E-state index contributed by atoms with van der Waals surface area (Å²) in [6, 6.07) is -2.79. The first-order valence-corrected chi connectivity index (χ1v) is 5.57. The number of hydrogen-bond acceptors (Lipinski definition) is 2. The van der Waals surface area contributed by atoms with E-state index in [9.17, 15) is 13.2 Å². The Bertz CT molecular complexity index is 393. The first-order chi connectivity index (χ1) is 7.70. The molecule has 0 aliphatic rings. The highest BCUT2D eigenvalue weighted by Gasteiger charge is 2.45. The van der Waals surface area contributed by atoms with E-state index in [1.807, 2.05) is 6.92 Å². The molecule has 0 saturated heterocycles. The van der Waals surface area contributed by atoms with Gasteiger partial charge in [-0.15, -0.1) is 0 Å². The minimum absolute atomic E-state index is 0.546. The summed E-state index contributed by atoms with van der Waals surface area (Å²) in [7, 11) is 0. The molecule has 3 nitrogen and oxygen atoms in total. The molecule has 2 unspecified atom stereocenters. The summed E-state index contributed by atoms with van der Waals surface area (Å²) in [5, 5.41) is 3.99. The van der Waals surface area contributed by atoms with Gasteiger partial charge in [-0.25, -0.2) is 0 Å². The summed E-state index contributed by atoms with van der Waals surface area (Å²) >= 11 is 0. The molecule has 0 saturated carbocycles. The van der Waals surface area contributed by atoms with E-state index in [2.05, 4.69) is 5.10 Å². The number of rotatable bonds is 3. The van der Waals surface area contributed by atoms with Gasteiger partial charge in [0, 0.05) is 11.7 Å². The molecular weight excluding hydrogens is 231 g/mol. The number of alkyl halides is 3. The smallest absolute Gasteiger partial charge is 0.326 e. The molecule has 0 amide bonds. The predicted octanol–water partition coefficient (Wildman–Crippen LogP) is 2.51. The Labute approximate surface area is 98.8 Å². The quantitative estimate of drug-likeness (QED) is 0.894. The van der Waals surface area contributed by atoms with Crippen LogP contribution in [0.3, 0.4) is 0 Å². The van der Waals surface area contributed by atoms with Gasteiger partial charge in [-0.2, -0.15) is 18.3 Å². The summed E-state index contributed by atoms with van der Waals surface area (Å²) in [4.78, 5) is 0. The Hall–Kier alpha value is -1.04. The summed E-state index contributed by atoms with van der Waals surface area (Å²) in [5.74, 6) is 0. The number of nitrogens with two attached hydrogens (primary N) is 1. The maximum Gasteiger partial charge on any atom is 0.412 e. The van der Waals surface area contributed by atoms with Crippen LogP contribution in [0.5, 0.6) is 0 Å². The zero-order chi connectivity index (χ0) is 13.4. The maximum atomic E-state index is 12.9. The number of nitrogens with zero attached hydrogens (tertiary/aromatic N) is 2. The number of aryl methyl sites for hydroxylation is 1. The molecule has 0 bridgehead atoms. The molecule has 0 fully saturated rings. The van der Waals surface area contributed by atoms with Crippen molar-refractivity contribution in [3.05, 3.63) is 17.0 Å². The van der Waals surface area contributed by atoms with E-state index in [0.29, 0.717) is 17.8 Å². The minimum atomic E-state index is -4.39. The van der Waals surface area contributed by atoms with E-state index >= 15 is 0 Å². The summed E-state index contributed by atoms with van der Waals surface area (Å²) < 4.78 is 39.8. The molecule has 2 N–H and O–H groups in total. The Morgan fingerprint density at radius 2 is 1.88 bits per heavy atom. The van der Waals surface area contributed by atoms with Crippen molar-refractivity contribution in [2.75, 3.05) is 0 Å². The fraction of sp³-hybridized carbons (Fsp3) is 0.727. The highest BCUT2D eigenvalue weighted by Crippen LogP contribution is 2.34. The predicted molar refractivity (Wildman–Crippen MR) is 59.8 cm³/mol. The Morgan fingerprint density at radius 1 is 1.35 bits per heavy atom. The second-order valence-electron chi connectivity index (χ2n) is 4.29. The van der Waals surface area contributed by atoms with Gasteiger partial charge in [-0.3, -0.25) is 4.68 Å². The monoisotopic (exact) mass is 249 g/mol. The third-order valence-electron chi connectivity index (χ3n) is 2.93. The van der Waals surface area contributed by atoms with Gasteiger partial charge in [0.15, 0.2) is 6.04 Å². The van der Waals surface area contributed by atoms with Gasteiger partial charge in [-0.05, 0) is 32.8 Å². The number of halogens is 3. The van der Waals surface area contributed by atoms with Crippen molar-refractivity contribution < 1.29 is 13.2 Å². The molecule has 6 heteroatoms. The molecule has 17 heavy (non-hydrogen) atoms. The lowest BCUT2D eigenvalue weighted by Crippen LogP contribution is -2.40. The second kappa shape index (κ2) is 4.68. The van der Waals surface area contributed by atoms with Crippen LogP contribution in [0.15, 0.2) is 0 Å². The van der Waals surface area contributed by atoms with Crippen molar-refractivity contribution in [2.24, 2.45) is 5.73 Å². The molecule has 0 spiro atoms. The highest BCUT2D eigenvalue weighted by atomic mass is 19.4. The minimum Gasteiger partial charge on any atom is -0.326 e. The van der Waals surface area contributed by atoms with Gasteiger partial charge >= 0.3 is 6.18 Å². The third-order valence-corrected chi connectivity index (χ3v) is 2.93. The van der Waals surface area contributed by atoms with Gasteiger partial charge in [-0.1, -0.05) is 6.92 Å². The summed E-state index contributed by atoms with van der Waals surface area (Å²) in [5.41, 5.74) is 7.49. The van der Waals surface area contributed by atoms with Crippen molar-refractivity contribution in [3.63, 3.8) is 0 Å². The van der Waals surface area contributed by atoms with Crippen LogP contribution in [0, 0.1) is 13.8 Å². The molecular formula is C11H18F3N3. The molecule has 0 radical (unpaired) electrons. The number of aromatic nitrogens is 2. The lowest BCUT2D eigenvalue weighted by molar-refractivity contribution is -0.174. The Balaban J connectivity index is 3.30. The van der Waals surface area contributed by atoms with E-state index in [-0.39, 0.29) is 0 Å². The first kappa shape index (κ1) is 14.0. The van der Waals surface area contributed by atoms with Crippen molar-refractivity contribution in [1.29, 1.82) is 0 Å². The van der Waals surface area contributed by atoms with E-state index in [1.54, 1.807) is 13.8 Å². The SMILES string of the molecule is CCc1c(C)nn(C(C(C)N)C(F)(F)F)c1C. The van der Waals surface area contributed by atoms with Crippen LogP contribution in [-0.4, -0.2) is 22.0 Å². The zero-order valence-electron chi connectivity index (χ0n) is 10.5. The van der Waals surface area contributed by atoms with Crippen LogP contribution in [0.25, 0.3) is 0 Å². The van der Waals surface area contributed by atoms with Gasteiger partial charge < -0.3 is 5.73 Å². The van der Waals surface area contributed by atoms with Gasteiger partial charge in [0.05, 0.1) is 5.69 Å². The third kappa shape index (κ3) is 2.62. The van der Waals surface area contributed by atoms with E-state index < -0.39 is 18.3 Å². The van der Waals surface area contributed by atoms with Crippen LogP contribution in [-0.2, 0) is 6.42 Å². The average Bonchev–Trinajstić information content (AvgIpc) is 2.39. The highest BCUT2D eigenvalue weighted by molar-refractivity contribution is 5.25. The second-order valence-corrected chi connectivity index (χ2v) is 4.29. The molecule has 98 valence electrons. The van der Waals surface area contributed by atoms with E-state index in [4.69, 9.17) is 5.73 Å². The van der Waals surface area contributed by atoms with Gasteiger partial charge in [0.1, 0.15) is 0 Å². The Kier molecular flexibility index (Phi) is 3.86. The molecule has 0 aliphatic heterocycles. The molecule has 0 aliphatic carbocycles. The molecule has 1 aromatic heterocycles. The van der Waals surface area contributed by atoms with Crippen LogP contribution in [0.1, 0.15) is 36.8 Å². The standard InChI is InChI=1S/C11H18F3N3/c1-5-9-7(3)16-17(8(9)4)10(6(2)15)11(12,13)14/h6,10H,5,15H2,1-4H3. The normalized spacial score (nSPS) is 16.0. The van der Waals surface area contributed by atoms with Gasteiger partial charge in [0.25, 0.3) is 0 Å². The first-order valence-electron chi connectivity index (χ1n) is 5.57. The van der Waals surface area contributed by atoms with Crippen LogP contribution in [0.2, 0.25) is 0 Å². The van der Waals surface area contributed by atoms with Crippen molar-refractivity contribution >= 4 is 0 Å². The fourth-order valence-electron chi connectivity index (χ4n) is 2.14. The van der Waals surface area contributed by atoms with E-state index in [0.717, 1.165) is 10.2 Å². The average molecular weight is 249 g/mol. The molecule has 0 aromatic carbocycles. The molecule has 1 heterocycles. The topological polar surface area (TPSA) is 43.8 Å². The fourth-order valence-corrected chi connectivity index (χ4v) is 2.14. The van der Waals surface area contributed by atoms with Crippen molar-refractivity contribution in [2.45, 2.75) is 52.4 Å². The van der Waals surface area contributed by atoms with Crippen LogP contribution >= 0.6 is 0 Å². The van der Waals surface area contributed by atoms with Crippen LogP contribution < -0.4 is 5.73 Å². The number of hydrogen-bond donors (Lipinski definition) is 1. The maximum absolute atomic E-state index is 12.9. The molecule has 2 atom stereocenters. The van der Waals surface area contributed by atoms with Gasteiger partial charge in [0.2, 0.25) is 0 Å². The largest absolute Gasteiger partial charge is 0.412 e. The van der Waals surface area contributed by atoms with Crippen LogP contribution in [0.4, 0.5) is 13.2 Å². The van der Waals surface area contributed by atoms with Crippen molar-refractivity contribution in [1.82, 2.24) is 9.78 Å². The Morgan fingerprint density at radius 3 is 2.18 bits per heavy atom. The van der Waals surface area contributed by atoms with E-state index in [1.165, 1.54) is 6.92 Å². The zero-order valence-corrected chi connectivity index (χ0v) is 10.5. The lowest BCUT2D eigenvalue weighted by atomic mass is 10.1. The van der Waals surface area contributed by atoms with Crippen molar-refractivity contribution in [3.8, 4) is 0 Å². The molecule has 1 rings (SSSR count). The molecule has 1 aromatic rings. The summed E-state index contributed by atoms with van der Waals surface area (Å²) in [6.45, 7) is 6.62. The summed E-state index contributed by atoms with van der Waals surface area (Å²) in [6.07, 6.45) is -3.72.